The number of urea groups is 1. The number of aliphatic hydroxyl groups is 1. The highest BCUT2D eigenvalue weighted by Gasteiger charge is 2.35. The number of carbonyl (C=O) groups excluding carboxylic acids is 3. The fourth-order valence-electron chi connectivity index (χ4n) is 5.13. The van der Waals surface area contributed by atoms with Crippen LogP contribution in [-0.4, -0.2) is 71.7 Å². The topological polar surface area (TPSA) is 120 Å². The van der Waals surface area contributed by atoms with Crippen LogP contribution >= 0.6 is 0 Å². The first-order chi connectivity index (χ1) is 27.5. The summed E-state index contributed by atoms with van der Waals surface area (Å²) in [6, 6.07) is 13.1. The molecule has 4 rings (SSSR count). The van der Waals surface area contributed by atoms with Gasteiger partial charge >= 0.3 is 6.03 Å². The molecule has 0 spiro atoms. The summed E-state index contributed by atoms with van der Waals surface area (Å²) < 4.78 is 123. The Labute approximate surface area is 292 Å². The molecule has 1 saturated heterocycles. The zero-order valence-electron chi connectivity index (χ0n) is 39.6. The van der Waals surface area contributed by atoms with E-state index in [1.54, 1.807) is 86.6 Å². The lowest BCUT2D eigenvalue weighted by Crippen LogP contribution is -2.59. The van der Waals surface area contributed by atoms with Crippen LogP contribution in [0.2, 0.25) is 0 Å². The van der Waals surface area contributed by atoms with Crippen molar-refractivity contribution in [3.8, 4) is 5.75 Å². The average Bonchev–Trinajstić information content (AvgIpc) is 3.12. The lowest BCUT2D eigenvalue weighted by molar-refractivity contribution is -0.128. The smallest absolute Gasteiger partial charge is 0.318 e. The van der Waals surface area contributed by atoms with E-state index in [0.29, 0.717) is 16.9 Å². The number of ether oxygens (including phenoxy) is 1. The molecule has 9 heteroatoms. The summed E-state index contributed by atoms with van der Waals surface area (Å²) >= 11 is 0. The van der Waals surface area contributed by atoms with E-state index in [9.17, 15) is 20.9 Å². The van der Waals surface area contributed by atoms with Crippen molar-refractivity contribution < 1.29 is 43.4 Å². The van der Waals surface area contributed by atoms with Gasteiger partial charge in [0.15, 0.2) is 6.61 Å². The minimum absolute atomic E-state index is 0.0185. The van der Waals surface area contributed by atoms with Crippen molar-refractivity contribution in [3.05, 3.63) is 101 Å². The summed E-state index contributed by atoms with van der Waals surface area (Å²) in [4.78, 5) is 41.0. The number of benzene rings is 3. The molecule has 0 radical (unpaired) electrons. The lowest BCUT2D eigenvalue weighted by atomic mass is 9.92. The Morgan fingerprint density at radius 3 is 2.24 bits per heavy atom. The predicted octanol–water partition coefficient (Wildman–Crippen LogP) is 4.33. The first-order valence-corrected chi connectivity index (χ1v) is 14.7. The second-order valence-corrected chi connectivity index (χ2v) is 10.9. The van der Waals surface area contributed by atoms with Crippen molar-refractivity contribution in [1.29, 1.82) is 0 Å². The SMILES string of the molecule is [2H]C([2H])([2H])C([2H])(C([2H])([2H])[2H])[C@@]([2H])(C(=O)N[C@H](Cc1ccccc1)C[C@H](O)[C@H](Cc1ccccc1)NC(=O)COc1c(C)cccc1C)N1C(=O)NC([2H])([2H])C([2H])([2H])C1([2H])[2H]. The summed E-state index contributed by atoms with van der Waals surface area (Å²) in [7, 11) is 0. The maximum Gasteiger partial charge on any atom is 0.318 e. The molecule has 3 aromatic rings. The molecule has 246 valence electrons. The van der Waals surface area contributed by atoms with Gasteiger partial charge in [0.2, 0.25) is 5.91 Å². The van der Waals surface area contributed by atoms with Crippen LogP contribution in [0.3, 0.4) is 0 Å². The van der Waals surface area contributed by atoms with Crippen LogP contribution < -0.4 is 20.7 Å². The van der Waals surface area contributed by atoms with E-state index < -0.39 is 98.9 Å². The number of nitrogens with zero attached hydrogens (tertiary/aromatic N) is 1. The van der Waals surface area contributed by atoms with Crippen molar-refractivity contribution in [2.75, 3.05) is 19.6 Å². The van der Waals surface area contributed by atoms with Crippen LogP contribution in [0.15, 0.2) is 78.9 Å². The van der Waals surface area contributed by atoms with Crippen LogP contribution in [-0.2, 0) is 22.4 Å². The largest absolute Gasteiger partial charge is 0.483 e. The molecular formula is C37H48N4O5. The number of aliphatic hydroxyl groups excluding tert-OH is 1. The van der Waals surface area contributed by atoms with Crippen molar-refractivity contribution in [3.63, 3.8) is 0 Å². The molecule has 4 atom stereocenters. The van der Waals surface area contributed by atoms with E-state index in [-0.39, 0.29) is 12.8 Å². The van der Waals surface area contributed by atoms with Gasteiger partial charge in [-0.25, -0.2) is 4.79 Å². The van der Waals surface area contributed by atoms with Crippen LogP contribution in [0.1, 0.15) is 67.9 Å². The van der Waals surface area contributed by atoms with Gasteiger partial charge in [0.1, 0.15) is 11.8 Å². The number of rotatable bonds is 15. The van der Waals surface area contributed by atoms with E-state index in [0.717, 1.165) is 11.1 Å². The van der Waals surface area contributed by atoms with E-state index >= 15 is 0 Å². The number of nitrogens with one attached hydrogen (secondary N) is 3. The van der Waals surface area contributed by atoms with Gasteiger partial charge in [-0.2, -0.15) is 0 Å². The van der Waals surface area contributed by atoms with Gasteiger partial charge in [0.25, 0.3) is 5.91 Å². The quantitative estimate of drug-likeness (QED) is 0.197. The highest BCUT2D eigenvalue weighted by Crippen LogP contribution is 2.22. The monoisotopic (exact) mass is 642 g/mol. The summed E-state index contributed by atoms with van der Waals surface area (Å²) in [6.07, 6.45) is -6.22. The molecule has 1 heterocycles. The molecule has 4 N–H and O–H groups in total. The number of aryl methyl sites for hydroxylation is 2. The first kappa shape index (κ1) is 20.0. The molecule has 4 amide bonds. The third-order valence-corrected chi connectivity index (χ3v) is 7.33. The molecule has 46 heavy (non-hydrogen) atoms. The van der Waals surface area contributed by atoms with Gasteiger partial charge in [-0.15, -0.1) is 0 Å². The molecule has 3 aromatic carbocycles. The minimum Gasteiger partial charge on any atom is -0.483 e. The molecule has 0 saturated carbocycles. The Morgan fingerprint density at radius 2 is 1.61 bits per heavy atom. The van der Waals surface area contributed by atoms with Crippen molar-refractivity contribution in [2.45, 2.75) is 77.4 Å². The summed E-state index contributed by atoms with van der Waals surface area (Å²) in [5.74, 6) is -6.67. The molecule has 0 aliphatic carbocycles. The standard InChI is InChI=1S/C37H48N4O5/c1-25(2)34(41-20-12-19-38-37(41)45)36(44)39-30(21-28-15-7-5-8-16-28)23-32(42)31(22-29-17-9-6-10-18-29)40-33(43)24-46-35-26(3)13-11-14-27(35)4/h5-11,13-18,25,30-32,34,42H,12,19-24H2,1-4H3,(H,38,45)(H,39,44)(H,40,43)/t30-,31+,32+,34+/m1/s1/i1D3,2D3,12D2,19D2,20D2,25D,34D. The third-order valence-electron chi connectivity index (χ3n) is 7.33. The van der Waals surface area contributed by atoms with Gasteiger partial charge < -0.3 is 30.7 Å². The zero-order valence-corrected chi connectivity index (χ0v) is 25.6. The Morgan fingerprint density at radius 1 is 0.978 bits per heavy atom. The molecule has 1 aliphatic heterocycles. The highest BCUT2D eigenvalue weighted by molar-refractivity contribution is 5.87. The molecule has 9 nitrogen and oxygen atoms in total. The average molecular weight is 643 g/mol. The minimum atomic E-state index is -4.43. The highest BCUT2D eigenvalue weighted by atomic mass is 16.5. The Bertz CT molecular complexity index is 1970. The maximum absolute atomic E-state index is 14.7. The molecule has 0 bridgehead atoms. The molecule has 0 aromatic heterocycles. The first-order valence-electron chi connectivity index (χ1n) is 21.7. The lowest BCUT2D eigenvalue weighted by Gasteiger charge is -2.37. The van der Waals surface area contributed by atoms with Crippen molar-refractivity contribution >= 4 is 17.8 Å². The van der Waals surface area contributed by atoms with Crippen LogP contribution in [0.5, 0.6) is 5.75 Å². The number of amides is 4. The van der Waals surface area contributed by atoms with Gasteiger partial charge in [-0.05, 0) is 67.6 Å². The van der Waals surface area contributed by atoms with E-state index in [4.69, 9.17) is 22.6 Å². The fraction of sp³-hybridized carbons (Fsp3) is 0.432. The second kappa shape index (κ2) is 16.8. The summed E-state index contributed by atoms with van der Waals surface area (Å²) in [5, 5.41) is 18.4. The van der Waals surface area contributed by atoms with Gasteiger partial charge in [-0.3, -0.25) is 9.59 Å². The number of para-hydroxylation sites is 1. The van der Waals surface area contributed by atoms with E-state index in [2.05, 4.69) is 10.6 Å². The summed E-state index contributed by atoms with van der Waals surface area (Å²) in [6.45, 7) is -13.0. The van der Waals surface area contributed by atoms with Crippen LogP contribution in [0, 0.1) is 19.7 Å². The Balaban J connectivity index is 1.80. The fourth-order valence-corrected chi connectivity index (χ4v) is 5.13. The van der Waals surface area contributed by atoms with Gasteiger partial charge in [-0.1, -0.05) is 92.6 Å². The third kappa shape index (κ3) is 9.81. The van der Waals surface area contributed by atoms with Crippen LogP contribution in [0.25, 0.3) is 0 Å². The molecular weight excluding hydrogens is 580 g/mol. The van der Waals surface area contributed by atoms with Gasteiger partial charge in [0.05, 0.1) is 13.5 Å². The van der Waals surface area contributed by atoms with Gasteiger partial charge in [0, 0.05) is 36.9 Å². The Kier molecular flexibility index (Phi) is 7.30. The van der Waals surface area contributed by atoms with E-state index in [1.807, 2.05) is 6.07 Å². The molecule has 0 unspecified atom stereocenters. The molecule has 1 fully saturated rings. The van der Waals surface area contributed by atoms with E-state index in [1.165, 1.54) is 5.32 Å². The summed E-state index contributed by atoms with van der Waals surface area (Å²) in [5.41, 5.74) is 2.67. The van der Waals surface area contributed by atoms with Crippen molar-refractivity contribution in [2.24, 2.45) is 5.89 Å². The number of carbonyl (C=O) groups is 3. The number of hydrogen-bond acceptors (Lipinski definition) is 5. The van der Waals surface area contributed by atoms with Crippen molar-refractivity contribution in [1.82, 2.24) is 20.9 Å². The normalized spacial score (nSPS) is 25.0. The number of hydrogen-bond donors (Lipinski definition) is 4. The van der Waals surface area contributed by atoms with Crippen LogP contribution in [0.4, 0.5) is 4.79 Å². The molecule has 1 aliphatic rings. The predicted molar refractivity (Wildman–Crippen MR) is 180 cm³/mol. The maximum atomic E-state index is 14.7. The Hall–Kier alpha value is -4.37. The second-order valence-electron chi connectivity index (χ2n) is 10.9. The zero-order chi connectivity index (χ0) is 45.3.